The molecule has 0 saturated carbocycles. The van der Waals surface area contributed by atoms with Gasteiger partial charge in [0.15, 0.2) is 0 Å². The Morgan fingerprint density at radius 1 is 1.57 bits per heavy atom. The molecule has 0 spiro atoms. The molecule has 6 heteroatoms. The molecule has 0 aliphatic carbocycles. The molecule has 2 aromatic heterocycles. The minimum absolute atomic E-state index is 0.0994. The zero-order valence-corrected chi connectivity index (χ0v) is 13.7. The van der Waals surface area contributed by atoms with Crippen LogP contribution in [0.5, 0.6) is 0 Å². The molecule has 1 amide bonds. The van der Waals surface area contributed by atoms with E-state index in [2.05, 4.69) is 34.3 Å². The first kappa shape index (κ1) is 15.8. The van der Waals surface area contributed by atoms with E-state index in [0.29, 0.717) is 24.1 Å². The Bertz CT molecular complexity index is 633. The van der Waals surface area contributed by atoms with Crippen LogP contribution in [0.3, 0.4) is 0 Å². The maximum absolute atomic E-state index is 12.2. The summed E-state index contributed by atoms with van der Waals surface area (Å²) in [4.78, 5) is 14.5. The van der Waals surface area contributed by atoms with Crippen molar-refractivity contribution in [1.82, 2.24) is 20.4 Å². The van der Waals surface area contributed by atoms with Gasteiger partial charge in [-0.2, -0.15) is 5.10 Å². The van der Waals surface area contributed by atoms with Gasteiger partial charge in [-0.3, -0.25) is 14.8 Å². The Morgan fingerprint density at radius 3 is 3.13 bits per heavy atom. The van der Waals surface area contributed by atoms with Gasteiger partial charge in [-0.05, 0) is 43.0 Å². The van der Waals surface area contributed by atoms with E-state index in [0.717, 1.165) is 37.5 Å². The second-order valence-electron chi connectivity index (χ2n) is 6.54. The summed E-state index contributed by atoms with van der Waals surface area (Å²) >= 11 is 0. The predicted molar refractivity (Wildman–Crippen MR) is 87.1 cm³/mol. The normalized spacial score (nSPS) is 18.7. The first-order chi connectivity index (χ1) is 11.1. The zero-order valence-electron chi connectivity index (χ0n) is 13.7. The third-order valence-corrected chi connectivity index (χ3v) is 4.33. The molecule has 1 fully saturated rings. The minimum atomic E-state index is -0.0994. The average Bonchev–Trinajstić information content (AvgIpc) is 3.27. The number of furan rings is 1. The van der Waals surface area contributed by atoms with Gasteiger partial charge in [0.2, 0.25) is 0 Å². The van der Waals surface area contributed by atoms with Crippen LogP contribution in [0.25, 0.3) is 0 Å². The van der Waals surface area contributed by atoms with Gasteiger partial charge in [-0.15, -0.1) is 0 Å². The van der Waals surface area contributed by atoms with Crippen molar-refractivity contribution in [1.29, 1.82) is 0 Å². The highest BCUT2D eigenvalue weighted by molar-refractivity contribution is 5.92. The highest BCUT2D eigenvalue weighted by Gasteiger charge is 2.24. The fraction of sp³-hybridized carbons (Fsp3) is 0.529. The molecule has 6 nitrogen and oxygen atoms in total. The van der Waals surface area contributed by atoms with Crippen molar-refractivity contribution in [2.75, 3.05) is 19.6 Å². The van der Waals surface area contributed by atoms with Gasteiger partial charge in [0, 0.05) is 18.8 Å². The van der Waals surface area contributed by atoms with E-state index in [4.69, 9.17) is 4.42 Å². The van der Waals surface area contributed by atoms with E-state index in [1.807, 2.05) is 18.2 Å². The van der Waals surface area contributed by atoms with Crippen LogP contribution in [0, 0.1) is 5.92 Å². The van der Waals surface area contributed by atoms with Gasteiger partial charge in [0.05, 0.1) is 12.8 Å². The number of carbonyl (C=O) groups is 1. The maximum Gasteiger partial charge on any atom is 0.271 e. The van der Waals surface area contributed by atoms with Gasteiger partial charge < -0.3 is 9.73 Å². The lowest BCUT2D eigenvalue weighted by molar-refractivity contribution is 0.0942. The molecule has 2 aromatic rings. The van der Waals surface area contributed by atoms with Crippen molar-refractivity contribution in [3.8, 4) is 0 Å². The highest BCUT2D eigenvalue weighted by Crippen LogP contribution is 2.18. The highest BCUT2D eigenvalue weighted by atomic mass is 16.3. The Hall–Kier alpha value is -2.08. The summed E-state index contributed by atoms with van der Waals surface area (Å²) in [6, 6.07) is 5.75. The Morgan fingerprint density at radius 2 is 2.43 bits per heavy atom. The van der Waals surface area contributed by atoms with Crippen LogP contribution in [-0.4, -0.2) is 40.6 Å². The molecule has 3 rings (SSSR count). The summed E-state index contributed by atoms with van der Waals surface area (Å²) in [6.07, 6.45) is 2.80. The number of nitrogens with zero attached hydrogens (tertiary/aromatic N) is 2. The second-order valence-corrected chi connectivity index (χ2v) is 6.54. The zero-order chi connectivity index (χ0) is 16.2. The predicted octanol–water partition coefficient (Wildman–Crippen LogP) is 2.38. The third kappa shape index (κ3) is 4.01. The topological polar surface area (TPSA) is 74.2 Å². The van der Waals surface area contributed by atoms with Crippen molar-refractivity contribution >= 4 is 5.91 Å². The fourth-order valence-electron chi connectivity index (χ4n) is 2.92. The molecule has 0 bridgehead atoms. The number of hydrogen-bond donors (Lipinski definition) is 2. The lowest BCUT2D eigenvalue weighted by Gasteiger charge is -2.14. The van der Waals surface area contributed by atoms with E-state index in [1.54, 1.807) is 6.26 Å². The van der Waals surface area contributed by atoms with Crippen LogP contribution in [0.4, 0.5) is 0 Å². The van der Waals surface area contributed by atoms with Crippen LogP contribution < -0.4 is 5.32 Å². The number of aromatic nitrogens is 2. The van der Waals surface area contributed by atoms with E-state index >= 15 is 0 Å². The van der Waals surface area contributed by atoms with Crippen molar-refractivity contribution in [2.24, 2.45) is 5.92 Å². The van der Waals surface area contributed by atoms with Gasteiger partial charge in [-0.1, -0.05) is 13.8 Å². The third-order valence-electron chi connectivity index (χ3n) is 4.33. The van der Waals surface area contributed by atoms with E-state index < -0.39 is 0 Å². The number of likely N-dealkylation sites (tertiary alicyclic amines) is 1. The molecule has 23 heavy (non-hydrogen) atoms. The molecule has 0 aromatic carbocycles. The van der Waals surface area contributed by atoms with Crippen LogP contribution in [-0.2, 0) is 6.54 Å². The number of rotatable bonds is 6. The monoisotopic (exact) mass is 316 g/mol. The quantitative estimate of drug-likeness (QED) is 0.858. The van der Waals surface area contributed by atoms with Crippen molar-refractivity contribution in [2.45, 2.75) is 32.7 Å². The summed E-state index contributed by atoms with van der Waals surface area (Å²) < 4.78 is 5.39. The van der Waals surface area contributed by atoms with Gasteiger partial charge in [0.25, 0.3) is 5.91 Å². The molecule has 1 saturated heterocycles. The van der Waals surface area contributed by atoms with Crippen LogP contribution in [0.2, 0.25) is 0 Å². The van der Waals surface area contributed by atoms with E-state index in [9.17, 15) is 4.79 Å². The lowest BCUT2D eigenvalue weighted by atomic mass is 10.1. The summed E-state index contributed by atoms with van der Waals surface area (Å²) in [5, 5.41) is 10.0. The number of carbonyl (C=O) groups excluding carboxylic acids is 1. The number of H-pyrrole nitrogens is 1. The second kappa shape index (κ2) is 7.00. The molecule has 2 N–H and O–H groups in total. The minimum Gasteiger partial charge on any atom is -0.468 e. The van der Waals surface area contributed by atoms with Gasteiger partial charge in [0.1, 0.15) is 11.5 Å². The standard InChI is InChI=1S/C17H24N4O2/c1-12(2)15-8-16(20-19-15)17(22)18-9-13-5-6-21(10-13)11-14-4-3-7-23-14/h3-4,7-8,12-13H,5-6,9-11H2,1-2H3,(H,18,22)(H,19,20)/t13-/m0/s1. The Labute approximate surface area is 136 Å². The first-order valence-corrected chi connectivity index (χ1v) is 8.20. The SMILES string of the molecule is CC(C)c1cc(C(=O)NC[C@@H]2CCN(Cc3ccco3)C2)n[nH]1. The molecule has 124 valence electrons. The molecule has 1 atom stereocenters. The van der Waals surface area contributed by atoms with E-state index in [1.165, 1.54) is 0 Å². The first-order valence-electron chi connectivity index (χ1n) is 8.20. The number of aromatic amines is 1. The molecule has 3 heterocycles. The number of nitrogens with one attached hydrogen (secondary N) is 2. The van der Waals surface area contributed by atoms with Crippen LogP contribution in [0.15, 0.2) is 28.9 Å². The van der Waals surface area contributed by atoms with E-state index in [-0.39, 0.29) is 5.91 Å². The summed E-state index contributed by atoms with van der Waals surface area (Å²) in [5.74, 6) is 1.72. The van der Waals surface area contributed by atoms with Crippen molar-refractivity contribution in [3.63, 3.8) is 0 Å². The smallest absolute Gasteiger partial charge is 0.271 e. The van der Waals surface area contributed by atoms with Crippen LogP contribution in [0.1, 0.15) is 48.1 Å². The lowest BCUT2D eigenvalue weighted by Crippen LogP contribution is -2.31. The largest absolute Gasteiger partial charge is 0.468 e. The number of amides is 1. The summed E-state index contributed by atoms with van der Waals surface area (Å²) in [6.45, 7) is 7.70. The molecule has 0 radical (unpaired) electrons. The molecular weight excluding hydrogens is 292 g/mol. The Kier molecular flexibility index (Phi) is 4.81. The summed E-state index contributed by atoms with van der Waals surface area (Å²) in [5.41, 5.74) is 1.46. The summed E-state index contributed by atoms with van der Waals surface area (Å²) in [7, 11) is 0. The van der Waals surface area contributed by atoms with Crippen LogP contribution >= 0.6 is 0 Å². The molecule has 1 aliphatic rings. The van der Waals surface area contributed by atoms with Gasteiger partial charge in [-0.25, -0.2) is 0 Å². The maximum atomic E-state index is 12.2. The molecule has 1 aliphatic heterocycles. The fourth-order valence-corrected chi connectivity index (χ4v) is 2.92. The average molecular weight is 316 g/mol. The molecule has 0 unspecified atom stereocenters. The Balaban J connectivity index is 1.44. The number of hydrogen-bond acceptors (Lipinski definition) is 4. The molecular formula is C17H24N4O2. The van der Waals surface area contributed by atoms with Crippen molar-refractivity contribution < 1.29 is 9.21 Å². The van der Waals surface area contributed by atoms with Crippen molar-refractivity contribution in [3.05, 3.63) is 41.6 Å². The van der Waals surface area contributed by atoms with Gasteiger partial charge >= 0.3 is 0 Å².